The normalized spacial score (nSPS) is 15.7. The van der Waals surface area contributed by atoms with Crippen LogP contribution in [0.15, 0.2) is 176 Å². The summed E-state index contributed by atoms with van der Waals surface area (Å²) in [5.41, 5.74) is -1.39. The zero-order chi connectivity index (χ0) is 44.9. The fourth-order valence-electron chi connectivity index (χ4n) is 5.57. The summed E-state index contributed by atoms with van der Waals surface area (Å²) in [5.74, 6) is 0.108. The van der Waals surface area contributed by atoms with E-state index >= 15 is 0 Å². The van der Waals surface area contributed by atoms with Crippen LogP contribution in [0.25, 0.3) is 88.7 Å². The highest BCUT2D eigenvalue weighted by Crippen LogP contribution is 2.33. The molecule has 0 radical (unpaired) electrons. The second-order valence-corrected chi connectivity index (χ2v) is 10.9. The second-order valence-electron chi connectivity index (χ2n) is 10.9. The average molecular weight is 627 g/mol. The molecule has 0 atom stereocenters. The highest BCUT2D eigenvalue weighted by atomic mass is 15.0. The van der Waals surface area contributed by atoms with Gasteiger partial charge in [0, 0.05) is 16.7 Å². The Kier molecular flexibility index (Phi) is 4.01. The molecule has 0 aliphatic rings. The van der Waals surface area contributed by atoms with Crippen LogP contribution in [0, 0.1) is 0 Å². The Bertz CT molecular complexity index is 3450. The maximum absolute atomic E-state index is 9.59. The highest BCUT2D eigenvalue weighted by Gasteiger charge is 2.15. The van der Waals surface area contributed by atoms with E-state index in [1.165, 1.54) is 0 Å². The molecule has 1 aromatic heterocycles. The van der Waals surface area contributed by atoms with Gasteiger partial charge in [-0.05, 0) is 78.8 Å². The maximum atomic E-state index is 9.59. The summed E-state index contributed by atoms with van der Waals surface area (Å²) in [4.78, 5) is 14.4. The first-order valence-electron chi connectivity index (χ1n) is 22.5. The van der Waals surface area contributed by atoms with E-state index in [-0.39, 0.29) is 23.0 Å². The third-order valence-electron chi connectivity index (χ3n) is 7.90. The van der Waals surface area contributed by atoms with Gasteiger partial charge in [0.25, 0.3) is 0 Å². The third-order valence-corrected chi connectivity index (χ3v) is 7.90. The van der Waals surface area contributed by atoms with Gasteiger partial charge in [-0.1, -0.05) is 151 Å². The molecule has 0 fully saturated rings. The molecule has 0 N–H and O–H groups in total. The predicted octanol–water partition coefficient (Wildman–Crippen LogP) is 11.7. The molecule has 0 saturated carbocycles. The Balaban J connectivity index is 1.33. The molecule has 3 nitrogen and oxygen atoms in total. The van der Waals surface area contributed by atoms with E-state index in [1.807, 2.05) is 84.9 Å². The van der Waals surface area contributed by atoms with Crippen molar-refractivity contribution >= 4 is 32.3 Å². The SMILES string of the molecule is [2H]c1c([2H])c([2H])c(-c2c([2H])c([2H])c3c([2H])c(-c4c([2H])c([2H])c([2H])c(-c5nc(-c6ccc7ccccc7c6)nc(-c6cccc7ccccc67)n5)c4[2H])c([2H])c([2H])c3c2[2H])c([2H])c1[2H]. The second kappa shape index (κ2) is 11.7. The van der Waals surface area contributed by atoms with Crippen molar-refractivity contribution in [1.29, 1.82) is 0 Å². The van der Waals surface area contributed by atoms with E-state index in [1.54, 1.807) is 0 Å². The molecule has 0 bridgehead atoms. The van der Waals surface area contributed by atoms with E-state index in [9.17, 15) is 4.11 Å². The van der Waals surface area contributed by atoms with E-state index in [0.29, 0.717) is 11.1 Å². The van der Waals surface area contributed by atoms with Crippen LogP contribution in [0.5, 0.6) is 0 Å². The minimum atomic E-state index is -0.796. The van der Waals surface area contributed by atoms with Crippen LogP contribution in [0.1, 0.15) is 20.6 Å². The Hall–Kier alpha value is -6.45. The first-order valence-corrected chi connectivity index (χ1v) is 15.0. The molecule has 1 heterocycles. The lowest BCUT2D eigenvalue weighted by Crippen LogP contribution is -2.00. The standard InChI is InChI=1S/C45H29N3/c1-2-10-30(11-3-1)35-21-22-38-27-36(23-24-37(38)26-35)34-16-8-17-39(29-34)43-46-44(40-25-20-31-12-4-5-14-33(31)28-40)48-45(47-43)42-19-9-15-32-13-6-7-18-41(32)42/h1-29H/i1D,2D,3D,8D,10D,11D,16D,17D,21D,22D,23D,24D,26D,27D,29D. The minimum Gasteiger partial charge on any atom is -0.208 e. The first-order chi connectivity index (χ1) is 30.0. The minimum absolute atomic E-state index is 0.164. The van der Waals surface area contributed by atoms with Crippen LogP contribution < -0.4 is 0 Å². The maximum Gasteiger partial charge on any atom is 0.164 e. The van der Waals surface area contributed by atoms with E-state index in [4.69, 9.17) is 31.4 Å². The topological polar surface area (TPSA) is 38.7 Å². The lowest BCUT2D eigenvalue weighted by Gasteiger charge is -2.12. The van der Waals surface area contributed by atoms with Gasteiger partial charge in [0.1, 0.15) is 0 Å². The summed E-state index contributed by atoms with van der Waals surface area (Å²) in [7, 11) is 0. The van der Waals surface area contributed by atoms with Gasteiger partial charge in [-0.3, -0.25) is 0 Å². The Morgan fingerprint density at radius 1 is 0.354 bits per heavy atom. The Labute approximate surface area is 299 Å². The van der Waals surface area contributed by atoms with Gasteiger partial charge in [0.15, 0.2) is 17.5 Å². The molecule has 9 aromatic rings. The summed E-state index contributed by atoms with van der Waals surface area (Å²) in [5, 5.41) is 2.51. The van der Waals surface area contributed by atoms with Crippen LogP contribution >= 0.6 is 0 Å². The molecular formula is C45H29N3. The van der Waals surface area contributed by atoms with Gasteiger partial charge in [-0.2, -0.15) is 0 Å². The molecule has 224 valence electrons. The van der Waals surface area contributed by atoms with E-state index in [0.717, 1.165) is 21.5 Å². The molecule has 0 amide bonds. The number of benzene rings is 8. The summed E-state index contributed by atoms with van der Waals surface area (Å²) in [6.45, 7) is 0. The van der Waals surface area contributed by atoms with Gasteiger partial charge in [0.2, 0.25) is 0 Å². The third kappa shape index (κ3) is 5.18. The van der Waals surface area contributed by atoms with Crippen molar-refractivity contribution in [2.24, 2.45) is 0 Å². The van der Waals surface area contributed by atoms with Crippen molar-refractivity contribution in [1.82, 2.24) is 15.0 Å². The molecule has 9 rings (SSSR count). The van der Waals surface area contributed by atoms with Gasteiger partial charge in [-0.15, -0.1) is 0 Å². The van der Waals surface area contributed by atoms with E-state index < -0.39 is 124 Å². The van der Waals surface area contributed by atoms with Crippen LogP contribution in [0.3, 0.4) is 0 Å². The average Bonchev–Trinajstić information content (AvgIpc) is 3.29. The fourth-order valence-corrected chi connectivity index (χ4v) is 5.57. The molecule has 0 saturated heterocycles. The van der Waals surface area contributed by atoms with Gasteiger partial charge < -0.3 is 0 Å². The smallest absolute Gasteiger partial charge is 0.164 e. The predicted molar refractivity (Wildman–Crippen MR) is 200 cm³/mol. The number of aromatic nitrogens is 3. The fraction of sp³-hybridized carbons (Fsp3) is 0. The monoisotopic (exact) mass is 626 g/mol. The number of hydrogen-bond donors (Lipinski definition) is 0. The molecule has 0 unspecified atom stereocenters. The van der Waals surface area contributed by atoms with Crippen molar-refractivity contribution in [3.8, 4) is 56.4 Å². The van der Waals surface area contributed by atoms with Crippen molar-refractivity contribution in [3.63, 3.8) is 0 Å². The lowest BCUT2D eigenvalue weighted by atomic mass is 9.97. The van der Waals surface area contributed by atoms with Gasteiger partial charge in [0.05, 0.1) is 20.6 Å². The summed E-state index contributed by atoms with van der Waals surface area (Å²) in [6.07, 6.45) is 0. The van der Waals surface area contributed by atoms with Crippen LogP contribution in [-0.4, -0.2) is 15.0 Å². The zero-order valence-corrected chi connectivity index (χ0v) is 24.9. The highest BCUT2D eigenvalue weighted by molar-refractivity contribution is 5.96. The lowest BCUT2D eigenvalue weighted by molar-refractivity contribution is 1.08. The number of fused-ring (bicyclic) bond motifs is 3. The van der Waals surface area contributed by atoms with Crippen molar-refractivity contribution in [2.75, 3.05) is 0 Å². The van der Waals surface area contributed by atoms with Gasteiger partial charge in [-0.25, -0.2) is 15.0 Å². The molecule has 0 aliphatic carbocycles. The quantitative estimate of drug-likeness (QED) is 0.191. The van der Waals surface area contributed by atoms with Crippen LogP contribution in [-0.2, 0) is 0 Å². The van der Waals surface area contributed by atoms with Crippen molar-refractivity contribution in [3.05, 3.63) is 176 Å². The molecular weight excluding hydrogens is 583 g/mol. The van der Waals surface area contributed by atoms with Crippen LogP contribution in [0.2, 0.25) is 0 Å². The van der Waals surface area contributed by atoms with Crippen molar-refractivity contribution < 1.29 is 20.6 Å². The molecule has 0 aliphatic heterocycles. The summed E-state index contributed by atoms with van der Waals surface area (Å²) >= 11 is 0. The van der Waals surface area contributed by atoms with E-state index in [2.05, 4.69) is 0 Å². The summed E-state index contributed by atoms with van der Waals surface area (Å²) < 4.78 is 133. The molecule has 48 heavy (non-hydrogen) atoms. The zero-order valence-electron chi connectivity index (χ0n) is 39.9. The Morgan fingerprint density at radius 3 is 1.77 bits per heavy atom. The first kappa shape index (κ1) is 16.4. The largest absolute Gasteiger partial charge is 0.208 e. The number of rotatable bonds is 5. The number of nitrogens with zero attached hydrogens (tertiary/aromatic N) is 3. The summed E-state index contributed by atoms with van der Waals surface area (Å²) in [6, 6.07) is 15.4. The Morgan fingerprint density at radius 2 is 0.958 bits per heavy atom. The van der Waals surface area contributed by atoms with Gasteiger partial charge >= 0.3 is 0 Å². The molecule has 8 aromatic carbocycles. The molecule has 0 spiro atoms. The molecule has 3 heteroatoms. The van der Waals surface area contributed by atoms with Crippen LogP contribution in [0.4, 0.5) is 0 Å². The van der Waals surface area contributed by atoms with Crippen molar-refractivity contribution in [2.45, 2.75) is 0 Å². The number of hydrogen-bond acceptors (Lipinski definition) is 3.